The second kappa shape index (κ2) is 12.0. The largest absolute Gasteiger partial charge is 0.450 e. The lowest BCUT2D eigenvalue weighted by atomic mass is 10.1. The van der Waals surface area contributed by atoms with E-state index in [1.54, 1.807) is 37.3 Å². The Bertz CT molecular complexity index is 1250. The van der Waals surface area contributed by atoms with E-state index in [0.29, 0.717) is 5.56 Å². The molecule has 194 valence electrons. The third-order valence-corrected chi connectivity index (χ3v) is 4.99. The number of alkyl halides is 3. The van der Waals surface area contributed by atoms with Crippen LogP contribution in [0.3, 0.4) is 0 Å². The number of carbonyl (C=O) groups excluding carboxylic acids is 2. The Morgan fingerprint density at radius 2 is 1.68 bits per heavy atom. The predicted molar refractivity (Wildman–Crippen MR) is 128 cm³/mol. The number of rotatable bonds is 9. The van der Waals surface area contributed by atoms with E-state index in [2.05, 4.69) is 5.32 Å². The van der Waals surface area contributed by atoms with Crippen molar-refractivity contribution in [1.29, 1.82) is 0 Å². The average molecular weight is 517 g/mol. The van der Waals surface area contributed by atoms with Gasteiger partial charge in [-0.05, 0) is 42.3 Å². The van der Waals surface area contributed by atoms with Gasteiger partial charge in [0.1, 0.15) is 12.3 Å². The van der Waals surface area contributed by atoms with Crippen molar-refractivity contribution in [3.8, 4) is 0 Å². The van der Waals surface area contributed by atoms with Crippen LogP contribution in [0.5, 0.6) is 0 Å². The Kier molecular flexibility index (Phi) is 8.80. The molecule has 0 aromatic heterocycles. The van der Waals surface area contributed by atoms with Gasteiger partial charge in [0, 0.05) is 6.07 Å². The fourth-order valence-corrected chi connectivity index (χ4v) is 3.24. The van der Waals surface area contributed by atoms with Crippen LogP contribution in [0, 0.1) is 10.1 Å². The van der Waals surface area contributed by atoms with Crippen molar-refractivity contribution in [3.05, 3.63) is 99.6 Å². The van der Waals surface area contributed by atoms with Crippen LogP contribution in [0.25, 0.3) is 0 Å². The van der Waals surface area contributed by atoms with E-state index in [1.807, 2.05) is 0 Å². The average Bonchev–Trinajstić information content (AvgIpc) is 2.85. The molecule has 1 N–H and O–H groups in total. The summed E-state index contributed by atoms with van der Waals surface area (Å²) >= 11 is 0. The van der Waals surface area contributed by atoms with E-state index < -0.39 is 34.4 Å². The summed E-state index contributed by atoms with van der Waals surface area (Å²) in [6, 6.07) is 16.4. The minimum Gasteiger partial charge on any atom is -0.450 e. The monoisotopic (exact) mass is 517 g/mol. The number of nitrogens with zero attached hydrogens (tertiary/aromatic N) is 2. The number of nitro benzene ring substituents is 1. The van der Waals surface area contributed by atoms with Crippen LogP contribution in [0.2, 0.25) is 0 Å². The first kappa shape index (κ1) is 27.1. The fourth-order valence-electron chi connectivity index (χ4n) is 3.24. The van der Waals surface area contributed by atoms with Gasteiger partial charge < -0.3 is 4.74 Å². The molecule has 0 aliphatic heterocycles. The molecule has 0 saturated carbocycles. The SMILES string of the molecule is CCOC(=O)Nc1ccc(N(OCc2ccccc2)C(=O)Cc2ccc(C(F)(F)F)cc2)cc1[N+](=O)[O-]. The van der Waals surface area contributed by atoms with E-state index in [-0.39, 0.29) is 36.6 Å². The maximum atomic E-state index is 13.2. The molecule has 37 heavy (non-hydrogen) atoms. The standard InChI is InChI=1S/C25H22F3N3O6/c1-2-36-24(33)29-21-13-12-20(15-22(21)31(34)35)30(37-16-18-6-4-3-5-7-18)23(32)14-17-8-10-19(11-9-17)25(26,27)28/h3-13,15H,2,14,16H2,1H3,(H,29,33). The van der Waals surface area contributed by atoms with Crippen LogP contribution >= 0.6 is 0 Å². The van der Waals surface area contributed by atoms with Crippen LogP contribution in [-0.4, -0.2) is 23.5 Å². The summed E-state index contributed by atoms with van der Waals surface area (Å²) in [4.78, 5) is 41.5. The van der Waals surface area contributed by atoms with Crippen molar-refractivity contribution in [3.63, 3.8) is 0 Å². The molecule has 3 aromatic rings. The number of amides is 2. The van der Waals surface area contributed by atoms with Gasteiger partial charge in [0.05, 0.1) is 29.2 Å². The smallest absolute Gasteiger partial charge is 0.416 e. The van der Waals surface area contributed by atoms with Crippen LogP contribution in [0.1, 0.15) is 23.6 Å². The van der Waals surface area contributed by atoms with Gasteiger partial charge in [-0.15, -0.1) is 0 Å². The summed E-state index contributed by atoms with van der Waals surface area (Å²) in [6.07, 6.45) is -5.76. The molecule has 0 unspecified atom stereocenters. The van der Waals surface area contributed by atoms with Crippen LogP contribution in [-0.2, 0) is 33.6 Å². The van der Waals surface area contributed by atoms with Crippen molar-refractivity contribution in [2.45, 2.75) is 26.1 Å². The summed E-state index contributed by atoms with van der Waals surface area (Å²) in [5, 5.41) is 14.8. The molecule has 0 aliphatic rings. The van der Waals surface area contributed by atoms with Gasteiger partial charge in [0.25, 0.3) is 11.6 Å². The molecule has 0 aliphatic carbocycles. The number of benzene rings is 3. The van der Waals surface area contributed by atoms with Gasteiger partial charge in [-0.25, -0.2) is 4.79 Å². The Morgan fingerprint density at radius 1 is 1.00 bits per heavy atom. The zero-order chi connectivity index (χ0) is 27.0. The number of carbonyl (C=O) groups is 2. The molecule has 0 spiro atoms. The summed E-state index contributed by atoms with van der Waals surface area (Å²) < 4.78 is 43.3. The van der Waals surface area contributed by atoms with E-state index in [9.17, 15) is 32.9 Å². The Labute approximate surface area is 209 Å². The number of hydroxylamine groups is 1. The van der Waals surface area contributed by atoms with Gasteiger partial charge in [-0.2, -0.15) is 18.2 Å². The molecule has 0 bridgehead atoms. The Morgan fingerprint density at radius 3 is 2.27 bits per heavy atom. The zero-order valence-corrected chi connectivity index (χ0v) is 19.5. The normalized spacial score (nSPS) is 11.0. The first-order valence-corrected chi connectivity index (χ1v) is 11.0. The molecule has 0 fully saturated rings. The number of nitro groups is 1. The van der Waals surface area contributed by atoms with Gasteiger partial charge in [0.15, 0.2) is 0 Å². The zero-order valence-electron chi connectivity index (χ0n) is 19.5. The van der Waals surface area contributed by atoms with Crippen molar-refractivity contribution >= 4 is 29.1 Å². The molecule has 0 atom stereocenters. The van der Waals surface area contributed by atoms with E-state index in [4.69, 9.17) is 9.57 Å². The molecular weight excluding hydrogens is 495 g/mol. The van der Waals surface area contributed by atoms with Gasteiger partial charge in [-0.1, -0.05) is 42.5 Å². The number of hydrogen-bond donors (Lipinski definition) is 1. The Balaban J connectivity index is 1.90. The molecule has 3 rings (SSSR count). The second-order valence-corrected chi connectivity index (χ2v) is 7.62. The molecule has 0 radical (unpaired) electrons. The highest BCUT2D eigenvalue weighted by Crippen LogP contribution is 2.32. The second-order valence-electron chi connectivity index (χ2n) is 7.62. The quantitative estimate of drug-likeness (QED) is 0.280. The first-order chi connectivity index (χ1) is 17.6. The van der Waals surface area contributed by atoms with Crippen molar-refractivity contribution < 1.29 is 37.3 Å². The van der Waals surface area contributed by atoms with Gasteiger partial charge >= 0.3 is 12.3 Å². The highest BCUT2D eigenvalue weighted by atomic mass is 19.4. The number of anilines is 2. The summed E-state index contributed by atoms with van der Waals surface area (Å²) in [6.45, 7) is 1.55. The number of halogens is 3. The molecule has 3 aromatic carbocycles. The Hall–Kier alpha value is -4.45. The molecule has 9 nitrogen and oxygen atoms in total. The van der Waals surface area contributed by atoms with Crippen LogP contribution < -0.4 is 10.4 Å². The predicted octanol–water partition coefficient (Wildman–Crippen LogP) is 5.89. The lowest BCUT2D eigenvalue weighted by molar-refractivity contribution is -0.383. The third-order valence-electron chi connectivity index (χ3n) is 4.99. The number of nitrogens with one attached hydrogen (secondary N) is 1. The highest BCUT2D eigenvalue weighted by Gasteiger charge is 2.30. The van der Waals surface area contributed by atoms with E-state index >= 15 is 0 Å². The minimum absolute atomic E-state index is 0.0195. The summed E-state index contributed by atoms with van der Waals surface area (Å²) in [5.41, 5.74) is -0.590. The molecule has 0 saturated heterocycles. The minimum atomic E-state index is -4.52. The summed E-state index contributed by atoms with van der Waals surface area (Å²) in [5.74, 6) is -0.684. The van der Waals surface area contributed by atoms with E-state index in [0.717, 1.165) is 23.3 Å². The fraction of sp³-hybridized carbons (Fsp3) is 0.200. The molecule has 0 heterocycles. The van der Waals surface area contributed by atoms with Crippen LogP contribution in [0.15, 0.2) is 72.8 Å². The van der Waals surface area contributed by atoms with Gasteiger partial charge in [-0.3, -0.25) is 25.1 Å². The number of hydrogen-bond acceptors (Lipinski definition) is 6. The van der Waals surface area contributed by atoms with E-state index in [1.165, 1.54) is 24.3 Å². The molecule has 12 heteroatoms. The van der Waals surface area contributed by atoms with Gasteiger partial charge in [0.2, 0.25) is 0 Å². The third kappa shape index (κ3) is 7.51. The number of ether oxygens (including phenoxy) is 1. The molecular formula is C25H22F3N3O6. The summed E-state index contributed by atoms with van der Waals surface area (Å²) in [7, 11) is 0. The topological polar surface area (TPSA) is 111 Å². The maximum absolute atomic E-state index is 13.2. The first-order valence-electron chi connectivity index (χ1n) is 11.0. The lowest BCUT2D eigenvalue weighted by Gasteiger charge is -2.22. The molecule has 2 amide bonds. The maximum Gasteiger partial charge on any atom is 0.416 e. The van der Waals surface area contributed by atoms with Crippen molar-refractivity contribution in [1.82, 2.24) is 0 Å². The van der Waals surface area contributed by atoms with Crippen LogP contribution in [0.4, 0.5) is 35.0 Å². The lowest BCUT2D eigenvalue weighted by Crippen LogP contribution is -2.32. The van der Waals surface area contributed by atoms with Crippen molar-refractivity contribution in [2.24, 2.45) is 0 Å². The highest BCUT2D eigenvalue weighted by molar-refractivity contribution is 5.95. The van der Waals surface area contributed by atoms with Crippen molar-refractivity contribution in [2.75, 3.05) is 17.0 Å².